The van der Waals surface area contributed by atoms with Crippen LogP contribution in [0.4, 0.5) is 5.69 Å². The van der Waals surface area contributed by atoms with Gasteiger partial charge in [0.15, 0.2) is 0 Å². The molecular formula is C15H18IN3O. The van der Waals surface area contributed by atoms with Gasteiger partial charge in [0.05, 0.1) is 12.0 Å². The first-order valence-electron chi connectivity index (χ1n) is 6.85. The van der Waals surface area contributed by atoms with Crippen molar-refractivity contribution in [3.05, 3.63) is 27.8 Å². The van der Waals surface area contributed by atoms with Gasteiger partial charge in [-0.1, -0.05) is 0 Å². The monoisotopic (exact) mass is 383 g/mol. The van der Waals surface area contributed by atoms with E-state index in [1.165, 1.54) is 0 Å². The highest BCUT2D eigenvalue weighted by atomic mass is 127. The molecule has 5 heteroatoms. The fourth-order valence-electron chi connectivity index (χ4n) is 2.46. The summed E-state index contributed by atoms with van der Waals surface area (Å²) < 4.78 is 1.15. The van der Waals surface area contributed by atoms with Gasteiger partial charge in [0.25, 0.3) is 0 Å². The number of hydrogen-bond acceptors (Lipinski definition) is 3. The molecule has 0 aromatic heterocycles. The number of anilines is 1. The van der Waals surface area contributed by atoms with Crippen LogP contribution >= 0.6 is 22.6 Å². The van der Waals surface area contributed by atoms with Crippen LogP contribution < -0.4 is 5.32 Å². The van der Waals surface area contributed by atoms with Crippen LogP contribution in [0.5, 0.6) is 0 Å². The minimum absolute atomic E-state index is 0.0294. The second-order valence-electron chi connectivity index (χ2n) is 5.04. The smallest absolute Gasteiger partial charge is 0.228 e. The molecule has 1 fully saturated rings. The van der Waals surface area contributed by atoms with Crippen LogP contribution in [0.2, 0.25) is 0 Å². The lowest BCUT2D eigenvalue weighted by atomic mass is 9.97. The molecule has 1 heterocycles. The van der Waals surface area contributed by atoms with E-state index >= 15 is 0 Å². The highest BCUT2D eigenvalue weighted by molar-refractivity contribution is 14.1. The van der Waals surface area contributed by atoms with Crippen molar-refractivity contribution in [1.29, 1.82) is 5.26 Å². The van der Waals surface area contributed by atoms with Gasteiger partial charge in [0, 0.05) is 28.8 Å². The fourth-order valence-corrected chi connectivity index (χ4v) is 2.82. The Hall–Kier alpha value is -1.13. The van der Waals surface area contributed by atoms with E-state index in [9.17, 15) is 4.79 Å². The lowest BCUT2D eigenvalue weighted by molar-refractivity contribution is -0.121. The number of nitriles is 1. The molecule has 1 amide bonds. The van der Waals surface area contributed by atoms with E-state index in [1.807, 2.05) is 24.3 Å². The molecule has 20 heavy (non-hydrogen) atoms. The Balaban J connectivity index is 1.88. The van der Waals surface area contributed by atoms with Crippen molar-refractivity contribution in [3.63, 3.8) is 0 Å². The normalized spacial score (nSPS) is 19.3. The van der Waals surface area contributed by atoms with Crippen molar-refractivity contribution in [1.82, 2.24) is 4.90 Å². The zero-order valence-electron chi connectivity index (χ0n) is 11.3. The van der Waals surface area contributed by atoms with Crippen LogP contribution in [0.25, 0.3) is 0 Å². The predicted molar refractivity (Wildman–Crippen MR) is 87.2 cm³/mol. The molecular weight excluding hydrogens is 365 g/mol. The third-order valence-corrected chi connectivity index (χ3v) is 4.25. The Morgan fingerprint density at radius 1 is 1.45 bits per heavy atom. The van der Waals surface area contributed by atoms with Crippen LogP contribution in [0.3, 0.4) is 0 Å². The third kappa shape index (κ3) is 4.46. The fraction of sp³-hybridized carbons (Fsp3) is 0.467. The van der Waals surface area contributed by atoms with Crippen LogP contribution in [-0.4, -0.2) is 30.4 Å². The van der Waals surface area contributed by atoms with E-state index < -0.39 is 0 Å². The first-order valence-corrected chi connectivity index (χ1v) is 7.92. The first-order chi connectivity index (χ1) is 9.69. The number of likely N-dealkylation sites (tertiary alicyclic amines) is 1. The molecule has 106 valence electrons. The lowest BCUT2D eigenvalue weighted by Gasteiger charge is -2.31. The zero-order chi connectivity index (χ0) is 14.4. The second-order valence-corrected chi connectivity index (χ2v) is 6.29. The molecule has 1 N–H and O–H groups in total. The van der Waals surface area contributed by atoms with Gasteiger partial charge in [-0.05, 0) is 66.2 Å². The van der Waals surface area contributed by atoms with Gasteiger partial charge in [-0.2, -0.15) is 5.26 Å². The van der Waals surface area contributed by atoms with Gasteiger partial charge >= 0.3 is 0 Å². The highest BCUT2D eigenvalue weighted by Crippen LogP contribution is 2.19. The summed E-state index contributed by atoms with van der Waals surface area (Å²) in [6, 6.07) is 9.98. The number of hydrogen-bond donors (Lipinski definition) is 1. The molecule has 0 saturated carbocycles. The first kappa shape index (κ1) is 15.3. The maximum absolute atomic E-state index is 12.3. The van der Waals surface area contributed by atoms with E-state index in [0.29, 0.717) is 6.42 Å². The number of piperidine rings is 1. The van der Waals surface area contributed by atoms with E-state index in [0.717, 1.165) is 41.7 Å². The average molecular weight is 383 g/mol. The molecule has 2 rings (SSSR count). The van der Waals surface area contributed by atoms with E-state index in [2.05, 4.69) is 38.9 Å². The number of halogens is 1. The SMILES string of the molecule is N#CCCN1CCCC(C(=O)Nc2ccc(I)cc2)C1. The Labute approximate surface area is 133 Å². The average Bonchev–Trinajstić information content (AvgIpc) is 2.48. The molecule has 0 spiro atoms. The van der Waals surface area contributed by atoms with Gasteiger partial charge in [0.2, 0.25) is 5.91 Å². The number of benzene rings is 1. The molecule has 1 aliphatic heterocycles. The summed E-state index contributed by atoms with van der Waals surface area (Å²) in [4.78, 5) is 14.5. The van der Waals surface area contributed by atoms with Crippen molar-refractivity contribution in [3.8, 4) is 6.07 Å². The van der Waals surface area contributed by atoms with Gasteiger partial charge in [-0.15, -0.1) is 0 Å². The summed E-state index contributed by atoms with van der Waals surface area (Å²) in [7, 11) is 0. The Bertz CT molecular complexity index is 495. The predicted octanol–water partition coefficient (Wildman–Crippen LogP) is 2.86. The number of amides is 1. The Kier molecular flexibility index (Phi) is 5.80. The number of nitrogens with one attached hydrogen (secondary N) is 1. The summed E-state index contributed by atoms with van der Waals surface area (Å²) in [6.07, 6.45) is 2.49. The minimum Gasteiger partial charge on any atom is -0.326 e. The van der Waals surface area contributed by atoms with Crippen LogP contribution in [0.15, 0.2) is 24.3 Å². The van der Waals surface area contributed by atoms with Gasteiger partial charge in [-0.3, -0.25) is 4.79 Å². The van der Waals surface area contributed by atoms with Crippen LogP contribution in [0.1, 0.15) is 19.3 Å². The maximum Gasteiger partial charge on any atom is 0.228 e. The molecule has 1 saturated heterocycles. The number of carbonyl (C=O) groups is 1. The summed E-state index contributed by atoms with van der Waals surface area (Å²) in [5.41, 5.74) is 0.851. The van der Waals surface area contributed by atoms with E-state index in [1.54, 1.807) is 0 Å². The largest absolute Gasteiger partial charge is 0.326 e. The van der Waals surface area contributed by atoms with Crippen molar-refractivity contribution in [2.45, 2.75) is 19.3 Å². The van der Waals surface area contributed by atoms with Crippen molar-refractivity contribution < 1.29 is 4.79 Å². The zero-order valence-corrected chi connectivity index (χ0v) is 13.5. The Morgan fingerprint density at radius 3 is 2.90 bits per heavy atom. The topological polar surface area (TPSA) is 56.1 Å². The lowest BCUT2D eigenvalue weighted by Crippen LogP contribution is -2.41. The molecule has 0 aliphatic carbocycles. The van der Waals surface area contributed by atoms with Gasteiger partial charge in [0.1, 0.15) is 0 Å². The summed E-state index contributed by atoms with van der Waals surface area (Å²) in [5, 5.41) is 11.6. The molecule has 0 bridgehead atoms. The maximum atomic E-state index is 12.3. The van der Waals surface area contributed by atoms with E-state index in [-0.39, 0.29) is 11.8 Å². The molecule has 4 nitrogen and oxygen atoms in total. The highest BCUT2D eigenvalue weighted by Gasteiger charge is 2.25. The number of nitrogens with zero attached hydrogens (tertiary/aromatic N) is 2. The van der Waals surface area contributed by atoms with Crippen molar-refractivity contribution in [2.24, 2.45) is 5.92 Å². The number of rotatable bonds is 4. The van der Waals surface area contributed by atoms with Gasteiger partial charge in [-0.25, -0.2) is 0 Å². The van der Waals surface area contributed by atoms with Crippen LogP contribution in [0, 0.1) is 20.8 Å². The van der Waals surface area contributed by atoms with Crippen LogP contribution in [-0.2, 0) is 4.79 Å². The van der Waals surface area contributed by atoms with Crippen molar-refractivity contribution >= 4 is 34.2 Å². The summed E-state index contributed by atoms with van der Waals surface area (Å²) in [6.45, 7) is 2.52. The van der Waals surface area contributed by atoms with E-state index in [4.69, 9.17) is 5.26 Å². The molecule has 1 aromatic rings. The molecule has 0 radical (unpaired) electrons. The van der Waals surface area contributed by atoms with Gasteiger partial charge < -0.3 is 10.2 Å². The second kappa shape index (κ2) is 7.60. The quantitative estimate of drug-likeness (QED) is 0.814. The molecule has 1 atom stereocenters. The summed E-state index contributed by atoms with van der Waals surface area (Å²) in [5.74, 6) is 0.120. The van der Waals surface area contributed by atoms with Crippen molar-refractivity contribution in [2.75, 3.05) is 25.0 Å². The Morgan fingerprint density at radius 2 is 2.20 bits per heavy atom. The molecule has 1 aliphatic rings. The summed E-state index contributed by atoms with van der Waals surface area (Å²) >= 11 is 2.24. The molecule has 1 aromatic carbocycles. The molecule has 1 unspecified atom stereocenters. The third-order valence-electron chi connectivity index (χ3n) is 3.53. The standard InChI is InChI=1S/C15H18IN3O/c16-13-4-6-14(7-5-13)18-15(20)12-3-1-9-19(11-12)10-2-8-17/h4-7,12H,1-3,9-11H2,(H,18,20). The minimum atomic E-state index is 0.0294. The number of carbonyl (C=O) groups excluding carboxylic acids is 1.